The Morgan fingerprint density at radius 3 is 2.29 bits per heavy atom. The number of urea groups is 1. The van der Waals surface area contributed by atoms with E-state index in [-0.39, 0.29) is 12.6 Å². The Morgan fingerprint density at radius 1 is 0.971 bits per heavy atom. The number of nitrogens with zero attached hydrogens (tertiary/aromatic N) is 1. The van der Waals surface area contributed by atoms with Crippen molar-refractivity contribution in [3.8, 4) is 11.5 Å². The van der Waals surface area contributed by atoms with E-state index in [0.717, 1.165) is 11.1 Å². The summed E-state index contributed by atoms with van der Waals surface area (Å²) in [6.07, 6.45) is -0.0508. The molecule has 3 amide bonds. The summed E-state index contributed by atoms with van der Waals surface area (Å²) in [4.78, 5) is 25.2. The molecule has 8 heteroatoms. The maximum atomic E-state index is 13.2. The smallest absolute Gasteiger partial charge is 0.333 e. The lowest BCUT2D eigenvalue weighted by molar-refractivity contribution is 0.0666. The number of nitrogens with one attached hydrogen (secondary N) is 2. The molecule has 178 valence electrons. The lowest BCUT2D eigenvalue weighted by atomic mass is 10.1. The molecule has 0 aromatic heterocycles. The second-order valence-electron chi connectivity index (χ2n) is 7.81. The van der Waals surface area contributed by atoms with Gasteiger partial charge in [0, 0.05) is 12.6 Å². The summed E-state index contributed by atoms with van der Waals surface area (Å²) in [5.41, 5.74) is 4.77. The van der Waals surface area contributed by atoms with E-state index >= 15 is 0 Å². The lowest BCUT2D eigenvalue weighted by Crippen LogP contribution is -2.48. The third kappa shape index (κ3) is 7.15. The van der Waals surface area contributed by atoms with Crippen molar-refractivity contribution >= 4 is 23.5 Å². The van der Waals surface area contributed by atoms with E-state index in [1.807, 2.05) is 68.4 Å². The highest BCUT2D eigenvalue weighted by molar-refractivity contribution is 6.32. The molecule has 0 unspecified atom stereocenters. The van der Waals surface area contributed by atoms with Crippen LogP contribution < -0.4 is 20.2 Å². The molecule has 0 saturated heterocycles. The van der Waals surface area contributed by atoms with Crippen LogP contribution in [0.4, 0.5) is 4.79 Å². The van der Waals surface area contributed by atoms with Crippen LogP contribution in [-0.4, -0.2) is 30.1 Å². The molecular formula is C26H28ClN3O4. The number of carbonyl (C=O) groups is 2. The highest BCUT2D eigenvalue weighted by Gasteiger charge is 2.20. The second-order valence-corrected chi connectivity index (χ2v) is 8.22. The molecule has 0 bridgehead atoms. The summed E-state index contributed by atoms with van der Waals surface area (Å²) in [5, 5.41) is 4.01. The van der Waals surface area contributed by atoms with E-state index in [9.17, 15) is 9.59 Å². The van der Waals surface area contributed by atoms with Crippen molar-refractivity contribution in [3.63, 3.8) is 0 Å². The largest absolute Gasteiger partial charge is 0.489 e. The quantitative estimate of drug-likeness (QED) is 0.434. The van der Waals surface area contributed by atoms with Gasteiger partial charge in [0.05, 0.1) is 17.7 Å². The maximum Gasteiger partial charge on any atom is 0.333 e. The molecule has 34 heavy (non-hydrogen) atoms. The highest BCUT2D eigenvalue weighted by Crippen LogP contribution is 2.27. The first kappa shape index (κ1) is 24.9. The van der Waals surface area contributed by atoms with Gasteiger partial charge in [-0.25, -0.2) is 15.2 Å². The van der Waals surface area contributed by atoms with Crippen LogP contribution in [0.15, 0.2) is 72.8 Å². The van der Waals surface area contributed by atoms with Crippen molar-refractivity contribution < 1.29 is 19.1 Å². The van der Waals surface area contributed by atoms with E-state index in [1.54, 1.807) is 12.1 Å². The van der Waals surface area contributed by atoms with E-state index in [2.05, 4.69) is 10.7 Å². The van der Waals surface area contributed by atoms with E-state index in [1.165, 1.54) is 18.1 Å². The molecule has 0 fully saturated rings. The van der Waals surface area contributed by atoms with Gasteiger partial charge in [-0.05, 0) is 55.3 Å². The summed E-state index contributed by atoms with van der Waals surface area (Å²) in [6.45, 7) is 4.39. The Hall–Kier alpha value is -3.71. The molecule has 0 atom stereocenters. The summed E-state index contributed by atoms with van der Waals surface area (Å²) in [7, 11) is 1.48. The minimum Gasteiger partial charge on any atom is -0.489 e. The lowest BCUT2D eigenvalue weighted by Gasteiger charge is -2.24. The number of halogens is 1. The molecule has 0 aliphatic rings. The zero-order chi connectivity index (χ0) is 24.5. The first-order chi connectivity index (χ1) is 16.4. The Bertz CT molecular complexity index is 1100. The fraction of sp³-hybridized carbons (Fsp3) is 0.231. The molecule has 7 nitrogen and oxygen atoms in total. The molecule has 0 saturated carbocycles. The number of carbonyl (C=O) groups excluding carboxylic acids is 2. The van der Waals surface area contributed by atoms with Crippen molar-refractivity contribution in [3.05, 3.63) is 94.5 Å². The Morgan fingerprint density at radius 2 is 1.68 bits per heavy atom. The maximum absolute atomic E-state index is 13.2. The van der Waals surface area contributed by atoms with E-state index < -0.39 is 11.9 Å². The normalized spacial score (nSPS) is 10.5. The fourth-order valence-corrected chi connectivity index (χ4v) is 3.32. The van der Waals surface area contributed by atoms with Crippen LogP contribution in [0.5, 0.6) is 11.5 Å². The van der Waals surface area contributed by atoms with Crippen molar-refractivity contribution in [2.75, 3.05) is 7.05 Å². The Labute approximate surface area is 204 Å². The Balaban J connectivity index is 1.71. The zero-order valence-corrected chi connectivity index (χ0v) is 20.1. The van der Waals surface area contributed by atoms with Crippen LogP contribution in [0.2, 0.25) is 5.02 Å². The average Bonchev–Trinajstić information content (AvgIpc) is 2.84. The van der Waals surface area contributed by atoms with Gasteiger partial charge in [0.2, 0.25) is 0 Å². The monoisotopic (exact) mass is 481 g/mol. The SMILES string of the molecule is CNC(=O)NN(Cc1ccc(OCc2ccccc2)cc1)C(=O)c1ccc(OC(C)C)c(Cl)c1. The second kappa shape index (κ2) is 12.0. The van der Waals surface area contributed by atoms with Crippen LogP contribution in [-0.2, 0) is 13.2 Å². The Kier molecular flexibility index (Phi) is 8.76. The van der Waals surface area contributed by atoms with Gasteiger partial charge in [-0.2, -0.15) is 0 Å². The van der Waals surface area contributed by atoms with E-state index in [0.29, 0.717) is 28.7 Å². The number of rotatable bonds is 8. The molecule has 3 rings (SSSR count). The van der Waals surface area contributed by atoms with Crippen molar-refractivity contribution in [2.24, 2.45) is 0 Å². The van der Waals surface area contributed by atoms with Crippen molar-refractivity contribution in [2.45, 2.75) is 33.1 Å². The first-order valence-electron chi connectivity index (χ1n) is 10.9. The predicted molar refractivity (Wildman–Crippen MR) is 132 cm³/mol. The molecule has 3 aromatic carbocycles. The van der Waals surface area contributed by atoms with Gasteiger partial charge < -0.3 is 14.8 Å². The standard InChI is InChI=1S/C26H28ClN3O4/c1-18(2)34-24-14-11-21(15-23(24)27)25(31)30(29-26(32)28-3)16-19-9-12-22(13-10-19)33-17-20-7-5-4-6-8-20/h4-15,18H,16-17H2,1-3H3,(H2,28,29,32). The number of hydrogen-bond acceptors (Lipinski definition) is 4. The number of hydrogen-bond donors (Lipinski definition) is 2. The molecule has 0 heterocycles. The van der Waals surface area contributed by atoms with Crippen LogP contribution in [0, 0.1) is 0 Å². The minimum absolute atomic E-state index is 0.0508. The van der Waals surface area contributed by atoms with E-state index in [4.69, 9.17) is 21.1 Å². The fourth-order valence-electron chi connectivity index (χ4n) is 3.09. The first-order valence-corrected chi connectivity index (χ1v) is 11.3. The van der Waals surface area contributed by atoms with Gasteiger partial charge in [-0.15, -0.1) is 0 Å². The third-order valence-electron chi connectivity index (χ3n) is 4.76. The van der Waals surface area contributed by atoms with Crippen LogP contribution in [0.3, 0.4) is 0 Å². The van der Waals surface area contributed by atoms with Gasteiger partial charge >= 0.3 is 6.03 Å². The highest BCUT2D eigenvalue weighted by atomic mass is 35.5. The number of amides is 3. The summed E-state index contributed by atoms with van der Waals surface area (Å²) < 4.78 is 11.4. The van der Waals surface area contributed by atoms with Crippen LogP contribution >= 0.6 is 11.6 Å². The molecule has 0 aliphatic carbocycles. The number of hydrazine groups is 1. The van der Waals surface area contributed by atoms with Gasteiger partial charge in [0.25, 0.3) is 5.91 Å². The van der Waals surface area contributed by atoms with Crippen molar-refractivity contribution in [1.82, 2.24) is 15.8 Å². The van der Waals surface area contributed by atoms with Gasteiger partial charge in [0.15, 0.2) is 0 Å². The molecular weight excluding hydrogens is 454 g/mol. The van der Waals surface area contributed by atoms with Gasteiger partial charge in [-0.3, -0.25) is 4.79 Å². The third-order valence-corrected chi connectivity index (χ3v) is 5.06. The zero-order valence-electron chi connectivity index (χ0n) is 19.4. The summed E-state index contributed by atoms with van der Waals surface area (Å²) in [5.74, 6) is 0.786. The summed E-state index contributed by atoms with van der Waals surface area (Å²) >= 11 is 6.30. The summed E-state index contributed by atoms with van der Waals surface area (Å²) in [6, 6.07) is 21.5. The van der Waals surface area contributed by atoms with Crippen LogP contribution in [0.25, 0.3) is 0 Å². The molecule has 2 N–H and O–H groups in total. The van der Waals surface area contributed by atoms with Crippen molar-refractivity contribution in [1.29, 1.82) is 0 Å². The number of ether oxygens (including phenoxy) is 2. The predicted octanol–water partition coefficient (Wildman–Crippen LogP) is 5.19. The molecule has 0 radical (unpaired) electrons. The minimum atomic E-state index is -0.512. The molecule has 3 aromatic rings. The van der Waals surface area contributed by atoms with Gasteiger partial charge in [-0.1, -0.05) is 54.1 Å². The topological polar surface area (TPSA) is 79.9 Å². The van der Waals surface area contributed by atoms with Crippen LogP contribution in [0.1, 0.15) is 35.3 Å². The number of benzene rings is 3. The molecule has 0 aliphatic heterocycles. The van der Waals surface area contributed by atoms with Gasteiger partial charge in [0.1, 0.15) is 18.1 Å². The average molecular weight is 482 g/mol. The molecule has 0 spiro atoms.